The van der Waals surface area contributed by atoms with Crippen LogP contribution in [0.15, 0.2) is 61.4 Å². The maximum Gasteiger partial charge on any atom is 0.251 e. The lowest BCUT2D eigenvalue weighted by molar-refractivity contribution is 0.0951. The van der Waals surface area contributed by atoms with Gasteiger partial charge in [-0.05, 0) is 43.2 Å². The van der Waals surface area contributed by atoms with Crippen LogP contribution in [0.5, 0.6) is 0 Å². The lowest BCUT2D eigenvalue weighted by atomic mass is 10.1. The smallest absolute Gasteiger partial charge is 0.251 e. The van der Waals surface area contributed by atoms with E-state index in [-0.39, 0.29) is 5.91 Å². The van der Waals surface area contributed by atoms with E-state index in [1.165, 1.54) is 0 Å². The van der Waals surface area contributed by atoms with Gasteiger partial charge in [0.1, 0.15) is 0 Å². The van der Waals surface area contributed by atoms with Crippen LogP contribution in [0.4, 0.5) is 0 Å². The molecule has 1 amide bonds. The van der Waals surface area contributed by atoms with Crippen LogP contribution in [-0.2, 0) is 0 Å². The second-order valence-electron chi connectivity index (χ2n) is 5.51. The van der Waals surface area contributed by atoms with E-state index in [0.29, 0.717) is 11.6 Å². The number of hydrogen-bond acceptors (Lipinski definition) is 2. The number of nitrogens with one attached hydrogen (secondary N) is 1. The number of carbonyl (C=O) groups is 1. The summed E-state index contributed by atoms with van der Waals surface area (Å²) in [6.07, 6.45) is 11.5. The molecular weight excluding hydrogens is 276 g/mol. The fourth-order valence-electron chi connectivity index (χ4n) is 2.48. The van der Waals surface area contributed by atoms with Gasteiger partial charge in [-0.15, -0.1) is 0 Å². The number of aromatic nitrogens is 3. The van der Waals surface area contributed by atoms with Gasteiger partial charge in [0.25, 0.3) is 5.91 Å². The molecule has 0 saturated heterocycles. The molecule has 1 aromatic carbocycles. The van der Waals surface area contributed by atoms with E-state index in [1.807, 2.05) is 58.1 Å². The van der Waals surface area contributed by atoms with Crippen molar-refractivity contribution in [3.05, 3.63) is 67.0 Å². The quantitative estimate of drug-likeness (QED) is 0.803. The Hall–Kier alpha value is -2.82. The van der Waals surface area contributed by atoms with E-state index in [4.69, 9.17) is 0 Å². The third-order valence-corrected chi connectivity index (χ3v) is 3.82. The van der Waals surface area contributed by atoms with Crippen molar-refractivity contribution in [2.75, 3.05) is 0 Å². The van der Waals surface area contributed by atoms with E-state index in [1.54, 1.807) is 12.5 Å². The van der Waals surface area contributed by atoms with Gasteiger partial charge in [0, 0.05) is 36.4 Å². The van der Waals surface area contributed by atoms with Crippen molar-refractivity contribution in [3.63, 3.8) is 0 Å². The van der Waals surface area contributed by atoms with Crippen LogP contribution in [0, 0.1) is 0 Å². The summed E-state index contributed by atoms with van der Waals surface area (Å²) in [5.41, 5.74) is 2.61. The Kier molecular flexibility index (Phi) is 3.04. The summed E-state index contributed by atoms with van der Waals surface area (Å²) in [6, 6.07) is 10.0. The molecule has 2 aromatic heterocycles. The van der Waals surface area contributed by atoms with Gasteiger partial charge in [-0.25, -0.2) is 4.98 Å². The molecule has 0 unspecified atom stereocenters. The molecule has 0 atom stereocenters. The minimum atomic E-state index is -0.00640. The molecule has 0 radical (unpaired) electrons. The number of amides is 1. The maximum atomic E-state index is 12.3. The number of rotatable bonds is 4. The van der Waals surface area contributed by atoms with E-state index >= 15 is 0 Å². The van der Waals surface area contributed by atoms with Crippen LogP contribution in [0.1, 0.15) is 23.2 Å². The molecule has 5 nitrogen and oxygen atoms in total. The van der Waals surface area contributed by atoms with Crippen LogP contribution >= 0.6 is 0 Å². The standard InChI is InChI=1S/C17H16N4O/c22-17(19-14-4-5-14)13-3-6-15(21-10-7-18-12-21)16(11-13)20-8-1-2-9-20/h1-3,6-12,14H,4-5H2,(H,19,22). The van der Waals surface area contributed by atoms with Crippen LogP contribution in [0.3, 0.4) is 0 Å². The molecule has 2 heterocycles. The zero-order valence-corrected chi connectivity index (χ0v) is 12.0. The van der Waals surface area contributed by atoms with Crippen molar-refractivity contribution >= 4 is 5.91 Å². The second kappa shape index (κ2) is 5.18. The predicted octanol–water partition coefficient (Wildman–Crippen LogP) is 2.56. The zero-order valence-electron chi connectivity index (χ0n) is 12.0. The molecule has 0 spiro atoms. The third-order valence-electron chi connectivity index (χ3n) is 3.82. The summed E-state index contributed by atoms with van der Waals surface area (Å²) in [4.78, 5) is 16.4. The first kappa shape index (κ1) is 12.9. The van der Waals surface area contributed by atoms with Crippen molar-refractivity contribution < 1.29 is 4.79 Å². The van der Waals surface area contributed by atoms with Gasteiger partial charge in [-0.3, -0.25) is 4.79 Å². The SMILES string of the molecule is O=C(NC1CC1)c1ccc(-n2ccnc2)c(-n2cccc2)c1. The van der Waals surface area contributed by atoms with E-state index in [2.05, 4.69) is 10.3 Å². The van der Waals surface area contributed by atoms with Crippen molar-refractivity contribution in [3.8, 4) is 11.4 Å². The number of hydrogen-bond donors (Lipinski definition) is 1. The Bertz CT molecular complexity index is 786. The minimum absolute atomic E-state index is 0.00640. The van der Waals surface area contributed by atoms with Gasteiger partial charge in [0.2, 0.25) is 0 Å². The number of carbonyl (C=O) groups excluding carboxylic acids is 1. The first-order valence-electron chi connectivity index (χ1n) is 7.38. The molecule has 1 fully saturated rings. The molecule has 0 aliphatic heterocycles. The Labute approximate surface area is 128 Å². The molecule has 1 saturated carbocycles. The van der Waals surface area contributed by atoms with Gasteiger partial charge in [-0.1, -0.05) is 0 Å². The minimum Gasteiger partial charge on any atom is -0.349 e. The van der Waals surface area contributed by atoms with Gasteiger partial charge in [0.05, 0.1) is 17.7 Å². The van der Waals surface area contributed by atoms with E-state index < -0.39 is 0 Å². The topological polar surface area (TPSA) is 51.9 Å². The summed E-state index contributed by atoms with van der Waals surface area (Å²) in [6.45, 7) is 0. The van der Waals surface area contributed by atoms with Gasteiger partial charge >= 0.3 is 0 Å². The largest absolute Gasteiger partial charge is 0.349 e. The van der Waals surface area contributed by atoms with Crippen molar-refractivity contribution in [1.29, 1.82) is 0 Å². The normalized spacial score (nSPS) is 14.0. The number of imidazole rings is 1. The van der Waals surface area contributed by atoms with E-state index in [0.717, 1.165) is 24.2 Å². The summed E-state index contributed by atoms with van der Waals surface area (Å²) in [7, 11) is 0. The molecule has 5 heteroatoms. The van der Waals surface area contributed by atoms with Gasteiger partial charge in [0.15, 0.2) is 0 Å². The van der Waals surface area contributed by atoms with Crippen LogP contribution in [0.2, 0.25) is 0 Å². The highest BCUT2D eigenvalue weighted by molar-refractivity contribution is 5.95. The maximum absolute atomic E-state index is 12.3. The molecule has 1 N–H and O–H groups in total. The zero-order chi connectivity index (χ0) is 14.9. The Morgan fingerprint density at radius 2 is 1.91 bits per heavy atom. The average molecular weight is 292 g/mol. The number of nitrogens with zero attached hydrogens (tertiary/aromatic N) is 3. The van der Waals surface area contributed by atoms with Gasteiger partial charge < -0.3 is 14.5 Å². The van der Waals surface area contributed by atoms with E-state index in [9.17, 15) is 4.79 Å². The lowest BCUT2D eigenvalue weighted by Gasteiger charge is -2.13. The fourth-order valence-corrected chi connectivity index (χ4v) is 2.48. The highest BCUT2D eigenvalue weighted by Gasteiger charge is 2.24. The monoisotopic (exact) mass is 292 g/mol. The molecule has 110 valence electrons. The van der Waals surface area contributed by atoms with Crippen molar-refractivity contribution in [2.45, 2.75) is 18.9 Å². The molecule has 1 aliphatic carbocycles. The number of benzene rings is 1. The predicted molar refractivity (Wildman–Crippen MR) is 83.4 cm³/mol. The second-order valence-corrected chi connectivity index (χ2v) is 5.51. The summed E-state index contributed by atoms with van der Waals surface area (Å²) < 4.78 is 3.95. The first-order chi connectivity index (χ1) is 10.8. The molecule has 4 rings (SSSR count). The van der Waals surface area contributed by atoms with Crippen molar-refractivity contribution in [2.24, 2.45) is 0 Å². The van der Waals surface area contributed by atoms with Crippen LogP contribution in [-0.4, -0.2) is 26.1 Å². The highest BCUT2D eigenvalue weighted by atomic mass is 16.1. The molecular formula is C17H16N4O. The lowest BCUT2D eigenvalue weighted by Crippen LogP contribution is -2.25. The van der Waals surface area contributed by atoms with Crippen LogP contribution in [0.25, 0.3) is 11.4 Å². The highest BCUT2D eigenvalue weighted by Crippen LogP contribution is 2.23. The fraction of sp³-hybridized carbons (Fsp3) is 0.176. The molecule has 22 heavy (non-hydrogen) atoms. The summed E-state index contributed by atoms with van der Waals surface area (Å²) >= 11 is 0. The first-order valence-corrected chi connectivity index (χ1v) is 7.38. The summed E-state index contributed by atoms with van der Waals surface area (Å²) in [5, 5.41) is 3.03. The van der Waals surface area contributed by atoms with Crippen molar-refractivity contribution in [1.82, 2.24) is 19.4 Å². The third kappa shape index (κ3) is 2.41. The Morgan fingerprint density at radius 3 is 2.59 bits per heavy atom. The molecule has 3 aromatic rings. The molecule has 1 aliphatic rings. The Balaban J connectivity index is 1.77. The van der Waals surface area contributed by atoms with Gasteiger partial charge in [-0.2, -0.15) is 0 Å². The average Bonchev–Trinajstić information content (AvgIpc) is 3.02. The molecule has 0 bridgehead atoms. The Morgan fingerprint density at radius 1 is 1.09 bits per heavy atom. The van der Waals surface area contributed by atoms with Crippen LogP contribution < -0.4 is 5.32 Å². The summed E-state index contributed by atoms with van der Waals surface area (Å²) in [5.74, 6) is -0.00640.